The summed E-state index contributed by atoms with van der Waals surface area (Å²) in [4.78, 5) is 31.0. The highest BCUT2D eigenvalue weighted by Crippen LogP contribution is 2.21. The number of nitrogens with zero attached hydrogens (tertiary/aromatic N) is 2. The lowest BCUT2D eigenvalue weighted by atomic mass is 9.91. The molecule has 1 N–H and O–H groups in total. The first kappa shape index (κ1) is 15.4. The van der Waals surface area contributed by atoms with Crippen LogP contribution in [-0.4, -0.2) is 41.7 Å². The molecule has 1 aliphatic rings. The number of likely N-dealkylation sites (tertiary alicyclic amines) is 1. The van der Waals surface area contributed by atoms with Gasteiger partial charge in [0.1, 0.15) is 11.5 Å². The highest BCUT2D eigenvalue weighted by atomic mass is 16.3. The Kier molecular flexibility index (Phi) is 4.52. The van der Waals surface area contributed by atoms with Crippen LogP contribution in [0.1, 0.15) is 33.9 Å². The average Bonchev–Trinajstić information content (AvgIpc) is 3.10. The molecule has 0 spiro atoms. The first-order valence-electron chi connectivity index (χ1n) is 7.68. The van der Waals surface area contributed by atoms with Gasteiger partial charge in [0.2, 0.25) is 0 Å². The van der Waals surface area contributed by atoms with Crippen LogP contribution in [0.2, 0.25) is 0 Å². The van der Waals surface area contributed by atoms with Crippen molar-refractivity contribution in [1.29, 1.82) is 0 Å². The molecule has 6 nitrogen and oxygen atoms in total. The molecule has 3 rings (SSSR count). The van der Waals surface area contributed by atoms with Crippen LogP contribution in [0.25, 0.3) is 0 Å². The number of nitrogens with one attached hydrogen (secondary N) is 1. The van der Waals surface area contributed by atoms with Crippen molar-refractivity contribution >= 4 is 17.5 Å². The van der Waals surface area contributed by atoms with E-state index in [0.717, 1.165) is 25.9 Å². The number of pyridine rings is 1. The van der Waals surface area contributed by atoms with Gasteiger partial charge in [-0.2, -0.15) is 0 Å². The smallest absolute Gasteiger partial charge is 0.292 e. The summed E-state index contributed by atoms with van der Waals surface area (Å²) in [6.45, 7) is 1.84. The molecule has 0 aliphatic carbocycles. The van der Waals surface area contributed by atoms with Crippen LogP contribution in [0, 0.1) is 5.92 Å². The second-order valence-corrected chi connectivity index (χ2v) is 5.78. The molecule has 0 bridgehead atoms. The van der Waals surface area contributed by atoms with Crippen molar-refractivity contribution in [2.45, 2.75) is 12.8 Å². The van der Waals surface area contributed by atoms with Gasteiger partial charge in [-0.15, -0.1) is 0 Å². The fourth-order valence-electron chi connectivity index (χ4n) is 2.71. The van der Waals surface area contributed by atoms with Crippen molar-refractivity contribution in [3.05, 3.63) is 48.0 Å². The first-order valence-corrected chi connectivity index (χ1v) is 7.68. The fraction of sp³-hybridized carbons (Fsp3) is 0.353. The molecule has 23 heavy (non-hydrogen) atoms. The number of rotatable bonds is 4. The molecule has 0 saturated carbocycles. The van der Waals surface area contributed by atoms with E-state index in [1.165, 1.54) is 6.26 Å². The number of furan rings is 1. The van der Waals surface area contributed by atoms with E-state index in [0.29, 0.717) is 11.5 Å². The Labute approximate surface area is 134 Å². The van der Waals surface area contributed by atoms with E-state index >= 15 is 0 Å². The minimum atomic E-state index is -0.383. The van der Waals surface area contributed by atoms with E-state index in [9.17, 15) is 9.59 Å². The molecular weight excluding hydrogens is 294 g/mol. The van der Waals surface area contributed by atoms with Gasteiger partial charge in [0.15, 0.2) is 11.5 Å². The van der Waals surface area contributed by atoms with E-state index in [1.54, 1.807) is 30.3 Å². The number of carbonyl (C=O) groups is 2. The zero-order valence-corrected chi connectivity index (χ0v) is 13.0. The maximum atomic E-state index is 12.6. The molecule has 0 unspecified atom stereocenters. The standard InChI is InChI=1S/C17H19N3O3/c1-20-9-7-12(8-10-20)16(21)13-4-2-6-15(18-13)19-17(22)14-5-3-11-23-14/h2-6,11-12H,7-10H2,1H3,(H,18,19,22). The maximum Gasteiger partial charge on any atom is 0.292 e. The zero-order valence-electron chi connectivity index (χ0n) is 13.0. The Bertz CT molecular complexity index is 689. The number of piperidine rings is 1. The first-order chi connectivity index (χ1) is 11.1. The van der Waals surface area contributed by atoms with Crippen molar-refractivity contribution in [3.63, 3.8) is 0 Å². The molecule has 2 aromatic rings. The molecule has 1 aliphatic heterocycles. The molecule has 0 aromatic carbocycles. The van der Waals surface area contributed by atoms with Crippen LogP contribution >= 0.6 is 0 Å². The Morgan fingerprint density at radius 1 is 1.22 bits per heavy atom. The minimum Gasteiger partial charge on any atom is -0.459 e. The third kappa shape index (κ3) is 3.65. The zero-order chi connectivity index (χ0) is 16.2. The predicted molar refractivity (Wildman–Crippen MR) is 85.4 cm³/mol. The summed E-state index contributed by atoms with van der Waals surface area (Å²) in [5.41, 5.74) is 0.400. The van der Waals surface area contributed by atoms with Crippen molar-refractivity contribution in [3.8, 4) is 0 Å². The van der Waals surface area contributed by atoms with Crippen molar-refractivity contribution in [2.24, 2.45) is 5.92 Å². The number of hydrogen-bond acceptors (Lipinski definition) is 5. The van der Waals surface area contributed by atoms with Gasteiger partial charge in [0, 0.05) is 5.92 Å². The van der Waals surface area contributed by atoms with Gasteiger partial charge in [0.05, 0.1) is 6.26 Å². The largest absolute Gasteiger partial charge is 0.459 e. The maximum absolute atomic E-state index is 12.6. The van der Waals surface area contributed by atoms with Crippen LogP contribution in [0.5, 0.6) is 0 Å². The van der Waals surface area contributed by atoms with Gasteiger partial charge in [-0.3, -0.25) is 9.59 Å². The highest BCUT2D eigenvalue weighted by Gasteiger charge is 2.25. The van der Waals surface area contributed by atoms with Crippen LogP contribution < -0.4 is 5.32 Å². The van der Waals surface area contributed by atoms with Crippen molar-refractivity contribution in [1.82, 2.24) is 9.88 Å². The summed E-state index contributed by atoms with van der Waals surface area (Å²) in [6, 6.07) is 8.30. The fourth-order valence-corrected chi connectivity index (χ4v) is 2.71. The quantitative estimate of drug-likeness (QED) is 0.878. The Balaban J connectivity index is 1.69. The SMILES string of the molecule is CN1CCC(C(=O)c2cccc(NC(=O)c3ccco3)n2)CC1. The average molecular weight is 313 g/mol. The lowest BCUT2D eigenvalue weighted by Gasteiger charge is -2.27. The minimum absolute atomic E-state index is 0.00900. The van der Waals surface area contributed by atoms with Crippen LogP contribution in [-0.2, 0) is 0 Å². The van der Waals surface area contributed by atoms with Gasteiger partial charge in [0.25, 0.3) is 5.91 Å². The molecule has 1 saturated heterocycles. The summed E-state index contributed by atoms with van der Waals surface area (Å²) in [5, 5.41) is 2.65. The molecular formula is C17H19N3O3. The summed E-state index contributed by atoms with van der Waals surface area (Å²) in [5.74, 6) is 0.234. The number of ketones is 1. The highest BCUT2D eigenvalue weighted by molar-refractivity contribution is 6.02. The monoisotopic (exact) mass is 313 g/mol. The van der Waals surface area contributed by atoms with E-state index < -0.39 is 0 Å². The molecule has 0 atom stereocenters. The van der Waals surface area contributed by atoms with E-state index in [-0.39, 0.29) is 23.4 Å². The third-order valence-electron chi connectivity index (χ3n) is 4.08. The second-order valence-electron chi connectivity index (χ2n) is 5.78. The molecule has 3 heterocycles. The van der Waals surface area contributed by atoms with Crippen LogP contribution in [0.4, 0.5) is 5.82 Å². The number of anilines is 1. The summed E-state index contributed by atoms with van der Waals surface area (Å²) >= 11 is 0. The Hall–Kier alpha value is -2.47. The second kappa shape index (κ2) is 6.75. The van der Waals surface area contributed by atoms with Crippen molar-refractivity contribution < 1.29 is 14.0 Å². The number of Topliss-reactive ketones (excluding diaryl/α,β-unsaturated/α-hetero) is 1. The number of carbonyl (C=O) groups excluding carboxylic acids is 2. The molecule has 120 valence electrons. The summed E-state index contributed by atoms with van der Waals surface area (Å²) < 4.78 is 5.04. The predicted octanol–water partition coefficient (Wildman–Crippen LogP) is 2.45. The number of aromatic nitrogens is 1. The lowest BCUT2D eigenvalue weighted by molar-refractivity contribution is 0.0851. The van der Waals surface area contributed by atoms with E-state index in [2.05, 4.69) is 22.2 Å². The van der Waals surface area contributed by atoms with Crippen LogP contribution in [0.3, 0.4) is 0 Å². The Morgan fingerprint density at radius 3 is 2.70 bits per heavy atom. The van der Waals surface area contributed by atoms with Gasteiger partial charge in [-0.1, -0.05) is 6.07 Å². The normalized spacial score (nSPS) is 16.2. The topological polar surface area (TPSA) is 75.4 Å². The van der Waals surface area contributed by atoms with E-state index in [1.807, 2.05) is 0 Å². The van der Waals surface area contributed by atoms with Gasteiger partial charge < -0.3 is 14.6 Å². The van der Waals surface area contributed by atoms with Gasteiger partial charge in [-0.25, -0.2) is 4.98 Å². The Morgan fingerprint density at radius 2 is 2.00 bits per heavy atom. The van der Waals surface area contributed by atoms with Gasteiger partial charge >= 0.3 is 0 Å². The molecule has 1 fully saturated rings. The van der Waals surface area contributed by atoms with Crippen LogP contribution in [0.15, 0.2) is 41.0 Å². The molecule has 2 aromatic heterocycles. The summed E-state index contributed by atoms with van der Waals surface area (Å²) in [6.07, 6.45) is 3.13. The van der Waals surface area contributed by atoms with E-state index in [4.69, 9.17) is 4.42 Å². The molecule has 0 radical (unpaired) electrons. The lowest BCUT2D eigenvalue weighted by Crippen LogP contribution is -2.33. The third-order valence-corrected chi connectivity index (χ3v) is 4.08. The molecule has 6 heteroatoms. The number of amides is 1. The van der Waals surface area contributed by atoms with Gasteiger partial charge in [-0.05, 0) is 57.2 Å². The number of hydrogen-bond donors (Lipinski definition) is 1. The molecule has 1 amide bonds. The summed E-state index contributed by atoms with van der Waals surface area (Å²) in [7, 11) is 2.06. The van der Waals surface area contributed by atoms with Crippen molar-refractivity contribution in [2.75, 3.05) is 25.5 Å².